The summed E-state index contributed by atoms with van der Waals surface area (Å²) in [6, 6.07) is 67.0. The van der Waals surface area contributed by atoms with Crippen LogP contribution in [0, 0.1) is 60.2 Å². The molecule has 0 N–H and O–H groups in total. The number of aromatic nitrogens is 9. The van der Waals surface area contributed by atoms with Crippen molar-refractivity contribution in [3.63, 3.8) is 0 Å². The number of hydrogen-bond donors (Lipinski definition) is 0. The van der Waals surface area contributed by atoms with Gasteiger partial charge >= 0.3 is 0 Å². The van der Waals surface area contributed by atoms with E-state index < -0.39 is 0 Å². The van der Waals surface area contributed by atoms with E-state index in [1.807, 2.05) is 178 Å². The van der Waals surface area contributed by atoms with Gasteiger partial charge < -0.3 is 0 Å². The fourth-order valence-electron chi connectivity index (χ4n) is 9.04. The molecule has 0 amide bonds. The minimum Gasteiger partial charge on any atom is -0.238 e. The highest BCUT2D eigenvalue weighted by molar-refractivity contribution is 5.80. The van der Waals surface area contributed by atoms with Crippen molar-refractivity contribution in [2.24, 2.45) is 0 Å². The van der Waals surface area contributed by atoms with Gasteiger partial charge in [0.25, 0.3) is 0 Å². The second-order valence-corrected chi connectivity index (χ2v) is 19.3. The third kappa shape index (κ3) is 13.3. The van der Waals surface area contributed by atoms with Crippen molar-refractivity contribution in [2.45, 2.75) is 20.8 Å². The van der Waals surface area contributed by atoms with E-state index in [1.54, 1.807) is 60.7 Å². The van der Waals surface area contributed by atoms with E-state index in [0.717, 1.165) is 55.6 Å². The molecule has 15 nitrogen and oxygen atoms in total. The van der Waals surface area contributed by atoms with Crippen LogP contribution in [0.5, 0.6) is 0 Å². The summed E-state index contributed by atoms with van der Waals surface area (Å²) >= 11 is 0. The Morgan fingerprint density at radius 2 is 0.483 bits per heavy atom. The van der Waals surface area contributed by atoms with Gasteiger partial charge in [-0.3, -0.25) is 0 Å². The molecule has 12 aromatic rings. The first kappa shape index (κ1) is 57.2. The second-order valence-electron chi connectivity index (χ2n) is 19.3. The van der Waals surface area contributed by atoms with E-state index in [2.05, 4.69) is 54.0 Å². The average molecular weight is 1120 g/mol. The number of rotatable bonds is 9. The molecule has 408 valence electrons. The standard InChI is InChI=1S/3C24H15N5/c1-16-10-4-5-11-17(16)22-27-23(18-12-6-8-14-20(18)25-2)29-24(28-22)19-13-7-9-15-21(19)26-3;1-16-8-4-5-13-21(16)24-28-22(17-9-6-11-19(14-17)25-2)27-23(29-24)18-10-7-12-20(15-18)26-3;1-16-6-4-5-7-21(16)24-28-22(17-8-12-19(25-2)13-9-17)27-23(29-24)18-10-14-20(26-3)15-11-18/h3*4-15H,1H3. The third-order valence-electron chi connectivity index (χ3n) is 13.6. The first-order valence-electron chi connectivity index (χ1n) is 26.9. The normalized spacial score (nSPS) is 10.2. The maximum atomic E-state index is 7.48. The van der Waals surface area contributed by atoms with Gasteiger partial charge in [0.1, 0.15) is 0 Å². The molecular weight excluding hydrogens is 1070 g/mol. The third-order valence-corrected chi connectivity index (χ3v) is 13.6. The average Bonchev–Trinajstić information content (AvgIpc) is 3.40. The number of nitrogens with zero attached hydrogens (tertiary/aromatic N) is 15. The van der Waals surface area contributed by atoms with E-state index in [0.29, 0.717) is 97.7 Å². The van der Waals surface area contributed by atoms with E-state index in [-0.39, 0.29) is 0 Å². The molecule has 3 heterocycles. The van der Waals surface area contributed by atoms with Crippen LogP contribution in [0.2, 0.25) is 0 Å². The molecule has 87 heavy (non-hydrogen) atoms. The van der Waals surface area contributed by atoms with Crippen LogP contribution in [0.3, 0.4) is 0 Å². The Bertz CT molecular complexity index is 4590. The van der Waals surface area contributed by atoms with Crippen LogP contribution in [-0.2, 0) is 0 Å². The molecule has 0 saturated carbocycles. The second kappa shape index (κ2) is 26.7. The maximum absolute atomic E-state index is 7.48. The lowest BCUT2D eigenvalue weighted by molar-refractivity contribution is 1.07. The summed E-state index contributed by atoms with van der Waals surface area (Å²) < 4.78 is 0. The molecule has 0 aliphatic heterocycles. The zero-order valence-corrected chi connectivity index (χ0v) is 47.0. The summed E-state index contributed by atoms with van der Waals surface area (Å²) in [4.78, 5) is 63.2. The first-order valence-corrected chi connectivity index (χ1v) is 26.9. The van der Waals surface area contributed by atoms with Crippen LogP contribution in [-0.4, -0.2) is 44.9 Å². The molecule has 0 spiro atoms. The van der Waals surface area contributed by atoms with Gasteiger partial charge in [-0.2, -0.15) is 0 Å². The van der Waals surface area contributed by atoms with Crippen molar-refractivity contribution in [3.05, 3.63) is 304 Å². The molecule has 0 fully saturated rings. The van der Waals surface area contributed by atoms with Crippen molar-refractivity contribution < 1.29 is 0 Å². The summed E-state index contributed by atoms with van der Waals surface area (Å²) in [6.45, 7) is 49.8. The molecule has 0 saturated heterocycles. The molecule has 0 bridgehead atoms. The van der Waals surface area contributed by atoms with Crippen molar-refractivity contribution in [1.82, 2.24) is 44.9 Å². The molecule has 0 atom stereocenters. The fourth-order valence-corrected chi connectivity index (χ4v) is 9.04. The van der Waals surface area contributed by atoms with E-state index in [4.69, 9.17) is 59.4 Å². The summed E-state index contributed by atoms with van der Waals surface area (Å²) in [5, 5.41) is 0. The van der Waals surface area contributed by atoms with Gasteiger partial charge in [-0.05, 0) is 49.6 Å². The minimum absolute atomic E-state index is 0.416. The highest BCUT2D eigenvalue weighted by atomic mass is 15.1. The first-order chi connectivity index (χ1) is 42.6. The molecule has 0 aliphatic carbocycles. The number of para-hydroxylation sites is 2. The largest absolute Gasteiger partial charge is 0.238 e. The Morgan fingerprint density at radius 1 is 0.218 bits per heavy atom. The predicted molar refractivity (Wildman–Crippen MR) is 340 cm³/mol. The van der Waals surface area contributed by atoms with Crippen molar-refractivity contribution in [3.8, 4) is 102 Å². The Morgan fingerprint density at radius 3 is 0.793 bits per heavy atom. The zero-order valence-electron chi connectivity index (χ0n) is 47.0. The molecule has 0 aliphatic rings. The van der Waals surface area contributed by atoms with Gasteiger partial charge in [-0.25, -0.2) is 73.9 Å². The van der Waals surface area contributed by atoms with Gasteiger partial charge in [0.15, 0.2) is 86.5 Å². The summed E-state index contributed by atoms with van der Waals surface area (Å²) in [5.74, 6) is 4.56. The van der Waals surface area contributed by atoms with E-state index >= 15 is 0 Å². The van der Waals surface area contributed by atoms with Crippen LogP contribution in [0.15, 0.2) is 218 Å². The molecule has 9 aromatic carbocycles. The van der Waals surface area contributed by atoms with Crippen LogP contribution in [0.4, 0.5) is 34.1 Å². The maximum Gasteiger partial charge on any atom is 0.198 e. The summed E-state index contributed by atoms with van der Waals surface area (Å²) in [7, 11) is 0. The Hall–Kier alpha value is -13.1. The molecular formula is C72H45N15. The van der Waals surface area contributed by atoms with Gasteiger partial charge in [-0.15, -0.1) is 0 Å². The lowest BCUT2D eigenvalue weighted by atomic mass is 10.1. The van der Waals surface area contributed by atoms with Gasteiger partial charge in [0.05, 0.1) is 39.4 Å². The topological polar surface area (TPSA) is 142 Å². The van der Waals surface area contributed by atoms with Crippen molar-refractivity contribution in [2.75, 3.05) is 0 Å². The van der Waals surface area contributed by atoms with Crippen LogP contribution < -0.4 is 0 Å². The Balaban J connectivity index is 0.000000144. The van der Waals surface area contributed by atoms with Gasteiger partial charge in [0, 0.05) is 50.1 Å². The van der Waals surface area contributed by atoms with Gasteiger partial charge in [-0.1, -0.05) is 206 Å². The minimum atomic E-state index is 0.416. The van der Waals surface area contributed by atoms with E-state index in [1.165, 1.54) is 0 Å². The van der Waals surface area contributed by atoms with Crippen molar-refractivity contribution >= 4 is 34.1 Å². The van der Waals surface area contributed by atoms with Crippen LogP contribution in [0.1, 0.15) is 16.7 Å². The smallest absolute Gasteiger partial charge is 0.198 e. The number of hydrogen-bond acceptors (Lipinski definition) is 9. The fraction of sp³-hybridized carbons (Fsp3) is 0.0417. The highest BCUT2D eigenvalue weighted by Crippen LogP contribution is 2.36. The lowest BCUT2D eigenvalue weighted by Crippen LogP contribution is -2.01. The molecule has 3 aromatic heterocycles. The number of benzene rings is 9. The highest BCUT2D eigenvalue weighted by Gasteiger charge is 2.19. The predicted octanol–water partition coefficient (Wildman–Crippen LogP) is 18.8. The molecule has 15 heteroatoms. The monoisotopic (exact) mass is 1120 g/mol. The van der Waals surface area contributed by atoms with Gasteiger partial charge in [0.2, 0.25) is 0 Å². The quantitative estimate of drug-likeness (QED) is 0.129. The molecule has 12 rings (SSSR count). The van der Waals surface area contributed by atoms with Crippen LogP contribution in [0.25, 0.3) is 132 Å². The number of aryl methyl sites for hydroxylation is 3. The zero-order chi connectivity index (χ0) is 60.7. The van der Waals surface area contributed by atoms with E-state index in [9.17, 15) is 0 Å². The lowest BCUT2D eigenvalue weighted by Gasteiger charge is -2.11. The summed E-state index contributed by atoms with van der Waals surface area (Å²) in [5.41, 5.74) is 13.4. The Kier molecular flexibility index (Phi) is 17.5. The Labute approximate surface area is 503 Å². The SMILES string of the molecule is [C-]#[N+]c1ccc(-c2nc(-c3ccc([N+]#[C-])cc3)nc(-c3ccccc3C)n2)cc1.[C-]#[N+]c1cccc(-c2nc(-c3cccc([N+]#[C-])c3)nc(-c3ccccc3C)n2)c1.[C-]#[N+]c1ccccc1-c1nc(-c2ccccc2C)nc(-c2ccccc2[N+]#[C-])n1. The van der Waals surface area contributed by atoms with Crippen molar-refractivity contribution in [1.29, 1.82) is 0 Å². The molecule has 0 radical (unpaired) electrons. The van der Waals surface area contributed by atoms with Crippen LogP contribution >= 0.6 is 0 Å². The summed E-state index contributed by atoms with van der Waals surface area (Å²) in [6.07, 6.45) is 0. The molecule has 0 unspecified atom stereocenters.